The van der Waals surface area contributed by atoms with Crippen LogP contribution in [0, 0.1) is 0 Å². The first-order valence-corrected chi connectivity index (χ1v) is 16.1. The van der Waals surface area contributed by atoms with Gasteiger partial charge in [0.1, 0.15) is 11.5 Å². The molecule has 4 rings (SSSR count). The van der Waals surface area contributed by atoms with Crippen molar-refractivity contribution in [3.8, 4) is 11.5 Å². The lowest BCUT2D eigenvalue weighted by molar-refractivity contribution is 0.102. The zero-order valence-electron chi connectivity index (χ0n) is 23.2. The highest BCUT2D eigenvalue weighted by atomic mass is 35.5. The second-order valence-corrected chi connectivity index (χ2v) is 14.2. The molecule has 0 bridgehead atoms. The number of aromatic hydroxyl groups is 1. The highest BCUT2D eigenvalue weighted by Crippen LogP contribution is 2.27. The number of aromatic nitrogens is 1. The van der Waals surface area contributed by atoms with Gasteiger partial charge in [-0.1, -0.05) is 44.5 Å². The maximum Gasteiger partial charge on any atom is 0.255 e. The van der Waals surface area contributed by atoms with Crippen LogP contribution in [0.1, 0.15) is 53.8 Å². The minimum absolute atomic E-state index is 0.00386. The summed E-state index contributed by atoms with van der Waals surface area (Å²) in [6.07, 6.45) is 1.50. The molecule has 3 aromatic carbocycles. The van der Waals surface area contributed by atoms with Crippen LogP contribution >= 0.6 is 22.9 Å². The minimum atomic E-state index is -3.44. The molecule has 41 heavy (non-hydrogen) atoms. The van der Waals surface area contributed by atoms with E-state index >= 15 is 0 Å². The number of aryl methyl sites for hydroxylation is 1. The Morgan fingerprint density at radius 2 is 1.80 bits per heavy atom. The summed E-state index contributed by atoms with van der Waals surface area (Å²) in [6, 6.07) is 17.8. The average molecular weight is 613 g/mol. The van der Waals surface area contributed by atoms with Crippen LogP contribution in [-0.4, -0.2) is 36.8 Å². The topological polar surface area (TPSA) is 106 Å². The monoisotopic (exact) mass is 612 g/mol. The molecule has 10 heteroatoms. The van der Waals surface area contributed by atoms with Gasteiger partial charge in [-0.3, -0.25) is 4.79 Å². The van der Waals surface area contributed by atoms with E-state index in [0.29, 0.717) is 42.2 Å². The van der Waals surface area contributed by atoms with E-state index in [4.69, 9.17) is 16.3 Å². The number of phenols is 1. The van der Waals surface area contributed by atoms with E-state index in [1.54, 1.807) is 59.9 Å². The molecule has 0 saturated heterocycles. The number of amides is 1. The Morgan fingerprint density at radius 3 is 2.51 bits per heavy atom. The van der Waals surface area contributed by atoms with Crippen LogP contribution in [0.2, 0.25) is 5.02 Å². The molecule has 0 fully saturated rings. The van der Waals surface area contributed by atoms with E-state index in [9.17, 15) is 18.3 Å². The SMILES string of the molecule is CC(C)(C)c1csc(CCOc2cccc(C(=O)Nc3cc(CCCS(=O)(=O)c4ccc(Cl)cc4)ccc3O)c2)n1. The smallest absolute Gasteiger partial charge is 0.255 e. The highest BCUT2D eigenvalue weighted by molar-refractivity contribution is 7.91. The van der Waals surface area contributed by atoms with Crippen LogP contribution in [0.3, 0.4) is 0 Å². The summed E-state index contributed by atoms with van der Waals surface area (Å²) in [6.45, 7) is 6.82. The number of hydrogen-bond donors (Lipinski definition) is 2. The summed E-state index contributed by atoms with van der Waals surface area (Å²) in [7, 11) is -3.44. The van der Waals surface area contributed by atoms with Gasteiger partial charge in [0.05, 0.1) is 33.6 Å². The van der Waals surface area contributed by atoms with Crippen LogP contribution in [-0.2, 0) is 28.1 Å². The van der Waals surface area contributed by atoms with Crippen LogP contribution in [0.5, 0.6) is 11.5 Å². The molecule has 0 aliphatic rings. The van der Waals surface area contributed by atoms with Gasteiger partial charge in [0.25, 0.3) is 5.91 Å². The molecule has 0 aliphatic heterocycles. The fourth-order valence-corrected chi connectivity index (χ4v) is 6.46. The van der Waals surface area contributed by atoms with Gasteiger partial charge in [-0.05, 0) is 73.0 Å². The maximum atomic E-state index is 13.0. The third-order valence-corrected chi connectivity index (χ3v) is 9.34. The van der Waals surface area contributed by atoms with Gasteiger partial charge >= 0.3 is 0 Å². The van der Waals surface area contributed by atoms with Gasteiger partial charge < -0.3 is 15.2 Å². The van der Waals surface area contributed by atoms with Crippen LogP contribution in [0.25, 0.3) is 0 Å². The molecule has 1 aromatic heterocycles. The fraction of sp³-hybridized carbons (Fsp3) is 0.290. The first kappa shape index (κ1) is 30.6. The van der Waals surface area contributed by atoms with Gasteiger partial charge in [0, 0.05) is 27.8 Å². The number of nitrogens with zero attached hydrogens (tertiary/aromatic N) is 1. The zero-order valence-corrected chi connectivity index (χ0v) is 25.6. The van der Waals surface area contributed by atoms with Crippen molar-refractivity contribution >= 4 is 44.4 Å². The summed E-state index contributed by atoms with van der Waals surface area (Å²) < 4.78 is 31.1. The Kier molecular flexibility index (Phi) is 9.73. The van der Waals surface area contributed by atoms with E-state index in [1.807, 2.05) is 0 Å². The summed E-state index contributed by atoms with van der Waals surface area (Å²) in [5, 5.41) is 16.6. The molecular weight excluding hydrogens is 580 g/mol. The molecule has 0 aliphatic carbocycles. The van der Waals surface area contributed by atoms with Gasteiger partial charge in [-0.15, -0.1) is 11.3 Å². The first-order valence-electron chi connectivity index (χ1n) is 13.2. The number of anilines is 1. The molecule has 0 unspecified atom stereocenters. The predicted octanol–water partition coefficient (Wildman–Crippen LogP) is 7.08. The largest absolute Gasteiger partial charge is 0.506 e. The van der Waals surface area contributed by atoms with E-state index in [0.717, 1.165) is 16.3 Å². The molecule has 2 N–H and O–H groups in total. The van der Waals surface area contributed by atoms with E-state index in [-0.39, 0.29) is 27.5 Å². The molecular formula is C31H33ClN2O5S2. The number of thiazole rings is 1. The Balaban J connectivity index is 1.32. The Hall–Kier alpha value is -3.40. The molecule has 0 spiro atoms. The highest BCUT2D eigenvalue weighted by Gasteiger charge is 2.18. The molecule has 4 aromatic rings. The molecule has 216 valence electrons. The second kappa shape index (κ2) is 13.1. The lowest BCUT2D eigenvalue weighted by atomic mass is 9.93. The maximum absolute atomic E-state index is 13.0. The van der Waals surface area contributed by atoms with Crippen LogP contribution in [0.4, 0.5) is 5.69 Å². The second-order valence-electron chi connectivity index (χ2n) is 10.7. The first-order chi connectivity index (χ1) is 19.4. The summed E-state index contributed by atoms with van der Waals surface area (Å²) in [4.78, 5) is 17.9. The summed E-state index contributed by atoms with van der Waals surface area (Å²) in [5.41, 5.74) is 2.48. The quantitative estimate of drug-likeness (QED) is 0.175. The molecule has 0 radical (unpaired) electrons. The van der Waals surface area contributed by atoms with Crippen molar-refractivity contribution in [2.75, 3.05) is 17.7 Å². The van der Waals surface area contributed by atoms with Crippen molar-refractivity contribution in [1.29, 1.82) is 0 Å². The number of hydrogen-bond acceptors (Lipinski definition) is 7. The van der Waals surface area contributed by atoms with E-state index in [2.05, 4.69) is 36.5 Å². The number of benzene rings is 3. The molecule has 0 saturated carbocycles. The number of rotatable bonds is 11. The van der Waals surface area contributed by atoms with Gasteiger partial charge in [0.15, 0.2) is 9.84 Å². The number of sulfone groups is 1. The average Bonchev–Trinajstić information content (AvgIpc) is 3.41. The molecule has 0 atom stereocenters. The van der Waals surface area contributed by atoms with Gasteiger partial charge in [-0.25, -0.2) is 13.4 Å². The minimum Gasteiger partial charge on any atom is -0.506 e. The summed E-state index contributed by atoms with van der Waals surface area (Å²) in [5.74, 6) is 0.0408. The van der Waals surface area contributed by atoms with Crippen LogP contribution in [0.15, 0.2) is 77.0 Å². The van der Waals surface area contributed by atoms with Crippen molar-refractivity contribution in [3.05, 3.63) is 99.0 Å². The lowest BCUT2D eigenvalue weighted by Gasteiger charge is -2.14. The third kappa shape index (κ3) is 8.55. The number of phenolic OH excluding ortho intramolecular Hbond substituents is 1. The lowest BCUT2D eigenvalue weighted by Crippen LogP contribution is -2.13. The van der Waals surface area contributed by atoms with Crippen LogP contribution < -0.4 is 10.1 Å². The summed E-state index contributed by atoms with van der Waals surface area (Å²) >= 11 is 7.47. The van der Waals surface area contributed by atoms with Crippen molar-refractivity contribution in [2.45, 2.75) is 50.3 Å². The number of carbonyl (C=O) groups is 1. The number of carbonyl (C=O) groups excluding carboxylic acids is 1. The van der Waals surface area contributed by atoms with Gasteiger partial charge in [-0.2, -0.15) is 0 Å². The Bertz CT molecular complexity index is 1610. The van der Waals surface area contributed by atoms with Crippen molar-refractivity contribution in [3.63, 3.8) is 0 Å². The van der Waals surface area contributed by atoms with Crippen molar-refractivity contribution < 1.29 is 23.1 Å². The van der Waals surface area contributed by atoms with Gasteiger partial charge in [0.2, 0.25) is 0 Å². The van der Waals surface area contributed by atoms with E-state index in [1.165, 1.54) is 18.2 Å². The Labute approximate surface area is 250 Å². The van der Waals surface area contributed by atoms with E-state index < -0.39 is 15.7 Å². The number of halogens is 1. The standard InChI is InChI=1S/C31H33ClN2O5S2/c1-31(2,3)28-20-40-29(34-28)15-16-39-24-8-4-7-22(19-24)30(36)33-26-18-21(9-14-27(26)35)6-5-17-41(37,38)25-12-10-23(32)11-13-25/h4,7-14,18-20,35H,5-6,15-17H2,1-3H3,(H,33,36). The zero-order chi connectivity index (χ0) is 29.6. The normalized spacial score (nSPS) is 11.8. The molecule has 7 nitrogen and oxygen atoms in total. The predicted molar refractivity (Wildman–Crippen MR) is 164 cm³/mol. The Morgan fingerprint density at radius 1 is 1.05 bits per heavy atom. The third-order valence-electron chi connectivity index (χ3n) is 6.36. The van der Waals surface area contributed by atoms with Crippen molar-refractivity contribution in [2.24, 2.45) is 0 Å². The fourth-order valence-electron chi connectivity index (χ4n) is 4.01. The molecule has 1 amide bonds. The van der Waals surface area contributed by atoms with Crippen molar-refractivity contribution in [1.82, 2.24) is 4.98 Å². The number of ether oxygens (including phenoxy) is 1. The molecule has 1 heterocycles. The number of nitrogens with one attached hydrogen (secondary N) is 1.